The summed E-state index contributed by atoms with van der Waals surface area (Å²) >= 11 is 4.92. The van der Waals surface area contributed by atoms with Crippen molar-refractivity contribution >= 4 is 73.6 Å². The summed E-state index contributed by atoms with van der Waals surface area (Å²) in [6.07, 6.45) is 1.55. The van der Waals surface area contributed by atoms with Gasteiger partial charge in [0.1, 0.15) is 12.1 Å². The molecule has 0 aliphatic rings. The van der Waals surface area contributed by atoms with E-state index in [9.17, 15) is 9.59 Å². The van der Waals surface area contributed by atoms with Crippen molar-refractivity contribution in [1.29, 1.82) is 0 Å². The third kappa shape index (κ3) is 8.56. The summed E-state index contributed by atoms with van der Waals surface area (Å²) < 4.78 is 6.04. The Kier molecular flexibility index (Phi) is 10.6. The highest BCUT2D eigenvalue weighted by Crippen LogP contribution is 2.37. The SMILES string of the molecule is CC(C)c1ccc2c(Nc3cc(C(=O)Nc4ccc(Br)cc4)ccc3Sc3ccc(NC(=O)OCCCN)cc3)ncnc2n1. The van der Waals surface area contributed by atoms with Gasteiger partial charge >= 0.3 is 6.09 Å². The van der Waals surface area contributed by atoms with Crippen LogP contribution in [0.2, 0.25) is 0 Å². The highest BCUT2D eigenvalue weighted by Gasteiger charge is 2.15. The van der Waals surface area contributed by atoms with Gasteiger partial charge in [-0.1, -0.05) is 41.5 Å². The normalized spacial score (nSPS) is 11.0. The highest BCUT2D eigenvalue weighted by molar-refractivity contribution is 9.10. The van der Waals surface area contributed by atoms with Gasteiger partial charge in [-0.25, -0.2) is 19.7 Å². The number of halogens is 1. The summed E-state index contributed by atoms with van der Waals surface area (Å²) in [5.41, 5.74) is 9.42. The molecule has 230 valence electrons. The van der Waals surface area contributed by atoms with Crippen LogP contribution >= 0.6 is 27.7 Å². The van der Waals surface area contributed by atoms with E-state index in [1.54, 1.807) is 24.3 Å². The standard InChI is InChI=1S/C33H32BrN7O3S/c1-20(2)27-14-13-26-30(40-27)36-19-37-31(26)41-28-18-21(32(42)38-23-7-5-22(34)6-8-23)4-15-29(28)45-25-11-9-24(10-12-25)39-33(43)44-17-3-16-35/h4-15,18-20H,3,16-17,35H2,1-2H3,(H,38,42)(H,39,43)(H,36,37,40,41). The number of hydrogen-bond acceptors (Lipinski definition) is 9. The molecular weight excluding hydrogens is 654 g/mol. The maximum absolute atomic E-state index is 13.3. The van der Waals surface area contributed by atoms with Gasteiger partial charge in [-0.15, -0.1) is 0 Å². The molecule has 0 saturated heterocycles. The molecule has 2 heterocycles. The Labute approximate surface area is 273 Å². The molecule has 0 saturated carbocycles. The molecule has 0 unspecified atom stereocenters. The van der Waals surface area contributed by atoms with Crippen LogP contribution in [0.5, 0.6) is 0 Å². The van der Waals surface area contributed by atoms with E-state index in [0.717, 1.165) is 25.3 Å². The van der Waals surface area contributed by atoms with Crippen molar-refractivity contribution in [2.75, 3.05) is 29.1 Å². The summed E-state index contributed by atoms with van der Waals surface area (Å²) in [6.45, 7) is 4.89. The number of carbonyl (C=O) groups is 2. The summed E-state index contributed by atoms with van der Waals surface area (Å²) in [7, 11) is 0. The third-order valence-corrected chi connectivity index (χ3v) is 8.23. The van der Waals surface area contributed by atoms with Crippen molar-refractivity contribution in [3.8, 4) is 0 Å². The molecule has 0 spiro atoms. The number of pyridine rings is 1. The highest BCUT2D eigenvalue weighted by atomic mass is 79.9. The summed E-state index contributed by atoms with van der Waals surface area (Å²) in [5, 5.41) is 9.86. The van der Waals surface area contributed by atoms with Crippen molar-refractivity contribution in [3.05, 3.63) is 101 Å². The topological polar surface area (TPSA) is 144 Å². The first kappa shape index (κ1) is 31.9. The summed E-state index contributed by atoms with van der Waals surface area (Å²) in [5.74, 6) is 0.581. The number of rotatable bonds is 11. The van der Waals surface area contributed by atoms with Crippen molar-refractivity contribution in [1.82, 2.24) is 15.0 Å². The number of aromatic nitrogens is 3. The maximum Gasteiger partial charge on any atom is 0.411 e. The lowest BCUT2D eigenvalue weighted by atomic mass is 10.1. The molecule has 5 aromatic rings. The van der Waals surface area contributed by atoms with Crippen LogP contribution in [-0.4, -0.2) is 40.1 Å². The first-order valence-electron chi connectivity index (χ1n) is 14.3. The van der Waals surface area contributed by atoms with E-state index >= 15 is 0 Å². The zero-order valence-electron chi connectivity index (χ0n) is 24.7. The second-order valence-electron chi connectivity index (χ2n) is 10.3. The Morgan fingerprint density at radius 2 is 1.67 bits per heavy atom. The zero-order chi connectivity index (χ0) is 31.8. The van der Waals surface area contributed by atoms with Gasteiger partial charge in [-0.05, 0) is 97.7 Å². The van der Waals surface area contributed by atoms with E-state index in [0.29, 0.717) is 47.1 Å². The van der Waals surface area contributed by atoms with Gasteiger partial charge < -0.3 is 21.1 Å². The number of anilines is 4. The number of nitrogens with zero attached hydrogens (tertiary/aromatic N) is 3. The van der Waals surface area contributed by atoms with Crippen molar-refractivity contribution in [2.24, 2.45) is 5.73 Å². The van der Waals surface area contributed by atoms with E-state index in [4.69, 9.17) is 15.5 Å². The van der Waals surface area contributed by atoms with Crippen LogP contribution in [0.25, 0.3) is 11.0 Å². The fraction of sp³-hybridized carbons (Fsp3) is 0.182. The number of nitrogens with two attached hydrogens (primary N) is 1. The molecule has 12 heteroatoms. The lowest BCUT2D eigenvalue weighted by Gasteiger charge is -2.15. The predicted octanol–water partition coefficient (Wildman–Crippen LogP) is 7.96. The van der Waals surface area contributed by atoms with Crippen LogP contribution in [0, 0.1) is 0 Å². The Morgan fingerprint density at radius 1 is 0.933 bits per heavy atom. The zero-order valence-corrected chi connectivity index (χ0v) is 27.1. The molecule has 0 bridgehead atoms. The first-order chi connectivity index (χ1) is 21.8. The van der Waals surface area contributed by atoms with Crippen molar-refractivity contribution < 1.29 is 14.3 Å². The van der Waals surface area contributed by atoms with Crippen LogP contribution in [0.1, 0.15) is 42.2 Å². The van der Waals surface area contributed by atoms with E-state index in [1.165, 1.54) is 18.1 Å². The quantitative estimate of drug-likeness (QED) is 0.102. The number of benzene rings is 3. The van der Waals surface area contributed by atoms with Crippen LogP contribution in [0.15, 0.2) is 99.5 Å². The molecule has 0 radical (unpaired) electrons. The molecule has 2 aromatic heterocycles. The van der Waals surface area contributed by atoms with Gasteiger partial charge in [0.15, 0.2) is 5.65 Å². The fourth-order valence-corrected chi connectivity index (χ4v) is 5.38. The third-order valence-electron chi connectivity index (χ3n) is 6.62. The van der Waals surface area contributed by atoms with E-state index in [-0.39, 0.29) is 18.4 Å². The number of hydrogen-bond donors (Lipinski definition) is 4. The molecule has 0 aliphatic heterocycles. The molecule has 0 aliphatic carbocycles. The Morgan fingerprint density at radius 3 is 2.40 bits per heavy atom. The number of ether oxygens (including phenoxy) is 1. The minimum atomic E-state index is -0.528. The van der Waals surface area contributed by atoms with Gasteiger partial charge in [0.05, 0.1) is 17.7 Å². The second kappa shape index (κ2) is 15.0. The van der Waals surface area contributed by atoms with Gasteiger partial charge in [-0.3, -0.25) is 10.1 Å². The fourth-order valence-electron chi connectivity index (χ4n) is 4.24. The molecule has 5 rings (SSSR count). The minimum absolute atomic E-state index is 0.249. The van der Waals surface area contributed by atoms with Crippen LogP contribution in [0.3, 0.4) is 0 Å². The minimum Gasteiger partial charge on any atom is -0.449 e. The number of fused-ring (bicyclic) bond motifs is 1. The molecule has 0 atom stereocenters. The Hall–Kier alpha value is -4.52. The van der Waals surface area contributed by atoms with Crippen LogP contribution in [0.4, 0.5) is 27.7 Å². The van der Waals surface area contributed by atoms with Crippen LogP contribution in [-0.2, 0) is 4.74 Å². The van der Waals surface area contributed by atoms with Crippen LogP contribution < -0.4 is 21.7 Å². The van der Waals surface area contributed by atoms with Gasteiger partial charge in [0.2, 0.25) is 0 Å². The maximum atomic E-state index is 13.3. The van der Waals surface area contributed by atoms with Gasteiger partial charge in [0.25, 0.3) is 5.91 Å². The van der Waals surface area contributed by atoms with Gasteiger partial charge in [-0.2, -0.15) is 0 Å². The average molecular weight is 687 g/mol. The molecule has 0 fully saturated rings. The predicted molar refractivity (Wildman–Crippen MR) is 182 cm³/mol. The Balaban J connectivity index is 1.42. The first-order valence-corrected chi connectivity index (χ1v) is 15.9. The summed E-state index contributed by atoms with van der Waals surface area (Å²) in [6, 6.07) is 24.2. The molecular formula is C33H32BrN7O3S. The monoisotopic (exact) mass is 685 g/mol. The number of amides is 2. The lowest BCUT2D eigenvalue weighted by Crippen LogP contribution is -2.15. The summed E-state index contributed by atoms with van der Waals surface area (Å²) in [4.78, 5) is 40.6. The molecule has 2 amide bonds. The average Bonchev–Trinajstić information content (AvgIpc) is 3.04. The molecule has 10 nitrogen and oxygen atoms in total. The smallest absolute Gasteiger partial charge is 0.411 e. The van der Waals surface area contributed by atoms with E-state index < -0.39 is 6.09 Å². The van der Waals surface area contributed by atoms with E-state index in [1.807, 2.05) is 54.6 Å². The van der Waals surface area contributed by atoms with E-state index in [2.05, 4.69) is 55.7 Å². The number of carbonyl (C=O) groups excluding carboxylic acids is 2. The molecule has 45 heavy (non-hydrogen) atoms. The van der Waals surface area contributed by atoms with Gasteiger partial charge in [0, 0.05) is 36.9 Å². The molecule has 5 N–H and O–H groups in total. The van der Waals surface area contributed by atoms with Crippen molar-refractivity contribution in [2.45, 2.75) is 36.0 Å². The lowest BCUT2D eigenvalue weighted by molar-refractivity contribution is 0.102. The Bertz CT molecular complexity index is 1800. The number of nitrogens with one attached hydrogen (secondary N) is 3. The second-order valence-corrected chi connectivity index (χ2v) is 12.3. The van der Waals surface area contributed by atoms with Crippen molar-refractivity contribution in [3.63, 3.8) is 0 Å². The molecule has 3 aromatic carbocycles. The largest absolute Gasteiger partial charge is 0.449 e.